The monoisotopic (exact) mass is 292 g/mol. The molecule has 0 aliphatic heterocycles. The van der Waals surface area contributed by atoms with Crippen molar-refractivity contribution in [1.29, 1.82) is 0 Å². The molecule has 0 saturated heterocycles. The van der Waals surface area contributed by atoms with Gasteiger partial charge in [0, 0.05) is 11.8 Å². The summed E-state index contributed by atoms with van der Waals surface area (Å²) >= 11 is 0. The third-order valence-corrected chi connectivity index (χ3v) is 2.84. The number of aryl methyl sites for hydroxylation is 1. The van der Waals surface area contributed by atoms with Crippen molar-refractivity contribution in [2.24, 2.45) is 0 Å². The number of carbonyl (C=O) groups excluding carboxylic acids is 1. The molecule has 108 valence electrons. The molecule has 2 aromatic rings. The van der Waals surface area contributed by atoms with Crippen LogP contribution >= 0.6 is 0 Å². The van der Waals surface area contributed by atoms with E-state index in [1.807, 2.05) is 0 Å². The molecule has 0 bridgehead atoms. The van der Waals surface area contributed by atoms with Crippen LogP contribution in [0.25, 0.3) is 0 Å². The van der Waals surface area contributed by atoms with Crippen molar-refractivity contribution in [3.05, 3.63) is 69.3 Å². The summed E-state index contributed by atoms with van der Waals surface area (Å²) in [6, 6.07) is 7.21. The normalized spacial score (nSPS) is 10.2. The number of carbonyl (C=O) groups is 1. The Bertz CT molecular complexity index is 732. The second-order valence-electron chi connectivity index (χ2n) is 4.31. The molecule has 1 N–H and O–H groups in total. The van der Waals surface area contributed by atoms with E-state index in [4.69, 9.17) is 0 Å². The number of amides is 1. The molecule has 0 unspecified atom stereocenters. The number of benzene rings is 2. The van der Waals surface area contributed by atoms with E-state index in [9.17, 15) is 23.7 Å². The van der Waals surface area contributed by atoms with Crippen molar-refractivity contribution >= 4 is 17.3 Å². The fraction of sp³-hybridized carbons (Fsp3) is 0.0714. The van der Waals surface area contributed by atoms with Gasteiger partial charge in [-0.2, -0.15) is 4.39 Å². The van der Waals surface area contributed by atoms with Crippen LogP contribution in [-0.2, 0) is 0 Å². The van der Waals surface area contributed by atoms with Gasteiger partial charge in [-0.05, 0) is 30.7 Å². The molecule has 7 heteroatoms. The largest absolute Gasteiger partial charge is 0.322 e. The van der Waals surface area contributed by atoms with E-state index in [0.717, 1.165) is 18.2 Å². The number of halogens is 2. The summed E-state index contributed by atoms with van der Waals surface area (Å²) in [7, 11) is 0. The minimum absolute atomic E-state index is 0.00834. The van der Waals surface area contributed by atoms with Crippen molar-refractivity contribution in [2.75, 3.05) is 5.32 Å². The van der Waals surface area contributed by atoms with Crippen LogP contribution < -0.4 is 5.32 Å². The lowest BCUT2D eigenvalue weighted by atomic mass is 10.1. The van der Waals surface area contributed by atoms with E-state index in [2.05, 4.69) is 5.32 Å². The van der Waals surface area contributed by atoms with Gasteiger partial charge in [0.15, 0.2) is 0 Å². The van der Waals surface area contributed by atoms with Crippen molar-refractivity contribution in [1.82, 2.24) is 0 Å². The molecule has 5 nitrogen and oxygen atoms in total. The van der Waals surface area contributed by atoms with Gasteiger partial charge in [0.25, 0.3) is 5.91 Å². The fourth-order valence-electron chi connectivity index (χ4n) is 1.75. The molecule has 0 spiro atoms. The molecule has 0 heterocycles. The summed E-state index contributed by atoms with van der Waals surface area (Å²) in [5, 5.41) is 12.9. The molecule has 0 saturated carbocycles. The second-order valence-corrected chi connectivity index (χ2v) is 4.31. The maximum absolute atomic E-state index is 13.8. The zero-order valence-electron chi connectivity index (χ0n) is 10.9. The summed E-state index contributed by atoms with van der Waals surface area (Å²) in [5.41, 5.74) is -0.652. The summed E-state index contributed by atoms with van der Waals surface area (Å²) in [6.07, 6.45) is 0. The summed E-state index contributed by atoms with van der Waals surface area (Å²) in [6.45, 7) is 1.51. The van der Waals surface area contributed by atoms with Gasteiger partial charge in [0.2, 0.25) is 5.82 Å². The Kier molecular flexibility index (Phi) is 3.93. The van der Waals surface area contributed by atoms with Gasteiger partial charge >= 0.3 is 5.69 Å². The first kappa shape index (κ1) is 14.6. The van der Waals surface area contributed by atoms with Crippen LogP contribution in [0.4, 0.5) is 20.2 Å². The predicted molar refractivity (Wildman–Crippen MR) is 72.1 cm³/mol. The topological polar surface area (TPSA) is 72.2 Å². The molecular formula is C14H10F2N2O3. The molecule has 0 aliphatic carbocycles. The molecule has 21 heavy (non-hydrogen) atoms. The van der Waals surface area contributed by atoms with Crippen molar-refractivity contribution < 1.29 is 18.5 Å². The van der Waals surface area contributed by atoms with E-state index in [-0.39, 0.29) is 11.3 Å². The molecule has 0 aliphatic rings. The highest BCUT2D eigenvalue weighted by atomic mass is 19.1. The minimum atomic E-state index is -1.01. The molecule has 1 amide bonds. The summed E-state index contributed by atoms with van der Waals surface area (Å²) in [5.74, 6) is -2.46. The van der Waals surface area contributed by atoms with Crippen LogP contribution in [0.3, 0.4) is 0 Å². The van der Waals surface area contributed by atoms with E-state index < -0.39 is 28.2 Å². The molecule has 0 atom stereocenters. The van der Waals surface area contributed by atoms with Crippen LogP contribution in [0.1, 0.15) is 15.9 Å². The van der Waals surface area contributed by atoms with Crippen LogP contribution in [0.2, 0.25) is 0 Å². The maximum Gasteiger partial charge on any atom is 0.306 e. The minimum Gasteiger partial charge on any atom is -0.322 e. The predicted octanol–water partition coefficient (Wildman–Crippen LogP) is 3.43. The molecule has 0 radical (unpaired) electrons. The number of anilines is 1. The number of hydrogen-bond donors (Lipinski definition) is 1. The highest BCUT2D eigenvalue weighted by molar-refractivity contribution is 6.04. The van der Waals surface area contributed by atoms with E-state index in [0.29, 0.717) is 5.56 Å². The lowest BCUT2D eigenvalue weighted by molar-refractivity contribution is -0.387. The molecular weight excluding hydrogens is 282 g/mol. The summed E-state index contributed by atoms with van der Waals surface area (Å²) in [4.78, 5) is 21.7. The molecule has 2 aromatic carbocycles. The highest BCUT2D eigenvalue weighted by Gasteiger charge is 2.17. The van der Waals surface area contributed by atoms with Crippen molar-refractivity contribution in [3.63, 3.8) is 0 Å². The van der Waals surface area contributed by atoms with E-state index in [1.165, 1.54) is 25.1 Å². The first-order chi connectivity index (χ1) is 9.90. The lowest BCUT2D eigenvalue weighted by Gasteiger charge is -2.07. The van der Waals surface area contributed by atoms with Crippen molar-refractivity contribution in [3.8, 4) is 0 Å². The third-order valence-electron chi connectivity index (χ3n) is 2.84. The van der Waals surface area contributed by atoms with Crippen LogP contribution in [-0.4, -0.2) is 10.8 Å². The third kappa shape index (κ3) is 3.02. The first-order valence-electron chi connectivity index (χ1n) is 5.90. The standard InChI is InChI=1S/C14H10F2N2O3/c1-8-3-2-4-10(13(8)16)14(19)17-9-5-6-11(15)12(7-9)18(20)21/h2-7H,1H3,(H,17,19). The Morgan fingerprint density at radius 2 is 1.95 bits per heavy atom. The second kappa shape index (κ2) is 5.66. The van der Waals surface area contributed by atoms with Gasteiger partial charge in [-0.3, -0.25) is 14.9 Å². The molecule has 0 fully saturated rings. The van der Waals surface area contributed by atoms with Gasteiger partial charge in [0.1, 0.15) is 5.82 Å². The number of rotatable bonds is 3. The van der Waals surface area contributed by atoms with Crippen LogP contribution in [0.5, 0.6) is 0 Å². The smallest absolute Gasteiger partial charge is 0.306 e. The average molecular weight is 292 g/mol. The maximum atomic E-state index is 13.8. The molecule has 2 rings (SSSR count). The number of nitrogens with zero attached hydrogens (tertiary/aromatic N) is 1. The SMILES string of the molecule is Cc1cccc(C(=O)Nc2ccc(F)c([N+](=O)[O-])c2)c1F. The Labute approximate surface area is 118 Å². The highest BCUT2D eigenvalue weighted by Crippen LogP contribution is 2.22. The van der Waals surface area contributed by atoms with Gasteiger partial charge < -0.3 is 5.32 Å². The van der Waals surface area contributed by atoms with E-state index >= 15 is 0 Å². The number of nitrogens with one attached hydrogen (secondary N) is 1. The summed E-state index contributed by atoms with van der Waals surface area (Å²) < 4.78 is 27.0. The van der Waals surface area contributed by atoms with Gasteiger partial charge in [0.05, 0.1) is 10.5 Å². The first-order valence-corrected chi connectivity index (χ1v) is 5.90. The lowest BCUT2D eigenvalue weighted by Crippen LogP contribution is -2.14. The van der Waals surface area contributed by atoms with Crippen molar-refractivity contribution in [2.45, 2.75) is 6.92 Å². The van der Waals surface area contributed by atoms with Crippen LogP contribution in [0, 0.1) is 28.7 Å². The van der Waals surface area contributed by atoms with Gasteiger partial charge in [-0.25, -0.2) is 4.39 Å². The average Bonchev–Trinajstić information content (AvgIpc) is 2.43. The zero-order chi connectivity index (χ0) is 15.6. The Morgan fingerprint density at radius 3 is 2.62 bits per heavy atom. The van der Waals surface area contributed by atoms with E-state index in [1.54, 1.807) is 0 Å². The Hall–Kier alpha value is -2.83. The number of nitro groups is 1. The van der Waals surface area contributed by atoms with Gasteiger partial charge in [-0.1, -0.05) is 12.1 Å². The zero-order valence-corrected chi connectivity index (χ0v) is 10.9. The fourth-order valence-corrected chi connectivity index (χ4v) is 1.75. The Morgan fingerprint density at radius 1 is 1.24 bits per heavy atom. The quantitative estimate of drug-likeness (QED) is 0.695. The Balaban J connectivity index is 2.30. The van der Waals surface area contributed by atoms with Crippen LogP contribution in [0.15, 0.2) is 36.4 Å². The van der Waals surface area contributed by atoms with Gasteiger partial charge in [-0.15, -0.1) is 0 Å². The number of nitro benzene ring substituents is 1. The number of hydrogen-bond acceptors (Lipinski definition) is 3. The molecule has 0 aromatic heterocycles.